The highest BCUT2D eigenvalue weighted by molar-refractivity contribution is 6.22. The van der Waals surface area contributed by atoms with E-state index in [-0.39, 0.29) is 0 Å². The van der Waals surface area contributed by atoms with Crippen molar-refractivity contribution in [2.45, 2.75) is 18.5 Å². The Kier molecular flexibility index (Phi) is 5.61. The summed E-state index contributed by atoms with van der Waals surface area (Å²) in [4.78, 5) is 2.20. The lowest BCUT2D eigenvalue weighted by molar-refractivity contribution is 0.264. The Morgan fingerprint density at radius 2 is 1.35 bits per heavy atom. The lowest BCUT2D eigenvalue weighted by Gasteiger charge is -2.23. The van der Waals surface area contributed by atoms with E-state index in [0.29, 0.717) is 6.54 Å². The topological polar surface area (TPSA) is 27.0 Å². The van der Waals surface area contributed by atoms with E-state index in [1.807, 2.05) is 36.4 Å². The first-order chi connectivity index (χ1) is 9.78. The van der Waals surface area contributed by atoms with Crippen molar-refractivity contribution in [2.75, 3.05) is 6.54 Å². The van der Waals surface area contributed by atoms with Gasteiger partial charge in [0.2, 0.25) is 0 Å². The van der Waals surface area contributed by atoms with Crippen LogP contribution in [0.3, 0.4) is 0 Å². The molecule has 0 saturated heterocycles. The van der Waals surface area contributed by atoms with Crippen molar-refractivity contribution in [3.8, 4) is 6.07 Å². The molecule has 0 aliphatic rings. The number of nitrogens with zero attached hydrogens (tertiary/aromatic N) is 2. The Morgan fingerprint density at radius 1 is 0.900 bits per heavy atom. The molecule has 2 aromatic carbocycles. The van der Waals surface area contributed by atoms with Gasteiger partial charge in [-0.3, -0.25) is 4.90 Å². The normalized spacial score (nSPS) is 12.1. The van der Waals surface area contributed by atoms with E-state index in [0.717, 1.165) is 13.1 Å². The molecule has 2 aromatic rings. The summed E-state index contributed by atoms with van der Waals surface area (Å²) in [5.41, 5.74) is 2.45. The van der Waals surface area contributed by atoms with Crippen LogP contribution in [0.4, 0.5) is 0 Å². The molecular formula is C17H17ClN2. The van der Waals surface area contributed by atoms with Crippen molar-refractivity contribution >= 4 is 11.6 Å². The highest BCUT2D eigenvalue weighted by atomic mass is 35.5. The van der Waals surface area contributed by atoms with Crippen LogP contribution < -0.4 is 0 Å². The summed E-state index contributed by atoms with van der Waals surface area (Å²) in [6, 6.07) is 22.6. The number of alkyl halides is 1. The third-order valence-corrected chi connectivity index (χ3v) is 3.29. The van der Waals surface area contributed by atoms with Crippen molar-refractivity contribution in [1.82, 2.24) is 4.90 Å². The molecule has 0 aliphatic carbocycles. The van der Waals surface area contributed by atoms with Crippen LogP contribution >= 0.6 is 11.6 Å². The summed E-state index contributed by atoms with van der Waals surface area (Å²) in [6.07, 6.45) is 0. The van der Waals surface area contributed by atoms with E-state index in [2.05, 4.69) is 35.2 Å². The predicted octanol–water partition coefficient (Wildman–Crippen LogP) is 3.82. The van der Waals surface area contributed by atoms with Gasteiger partial charge in [-0.15, -0.1) is 11.6 Å². The van der Waals surface area contributed by atoms with Crippen LogP contribution in [0, 0.1) is 11.3 Å². The Hall–Kier alpha value is -1.82. The van der Waals surface area contributed by atoms with Gasteiger partial charge in [0, 0.05) is 19.6 Å². The van der Waals surface area contributed by atoms with Crippen LogP contribution in [0.25, 0.3) is 0 Å². The molecule has 0 radical (unpaired) electrons. The zero-order chi connectivity index (χ0) is 14.2. The zero-order valence-corrected chi connectivity index (χ0v) is 12.0. The molecule has 0 heterocycles. The van der Waals surface area contributed by atoms with Crippen molar-refractivity contribution < 1.29 is 0 Å². The smallest absolute Gasteiger partial charge is 0.133 e. The maximum absolute atomic E-state index is 8.91. The van der Waals surface area contributed by atoms with Crippen molar-refractivity contribution in [1.29, 1.82) is 5.26 Å². The molecule has 0 aromatic heterocycles. The quantitative estimate of drug-likeness (QED) is 0.754. The molecule has 102 valence electrons. The zero-order valence-electron chi connectivity index (χ0n) is 11.2. The first-order valence-corrected chi connectivity index (χ1v) is 7.05. The lowest BCUT2D eigenvalue weighted by atomic mass is 10.1. The molecule has 0 N–H and O–H groups in total. The van der Waals surface area contributed by atoms with Gasteiger partial charge in [0.05, 0.1) is 6.07 Å². The maximum atomic E-state index is 8.91. The van der Waals surface area contributed by atoms with Crippen LogP contribution in [0.15, 0.2) is 60.7 Å². The third-order valence-electron chi connectivity index (χ3n) is 3.06. The minimum atomic E-state index is -0.484. The summed E-state index contributed by atoms with van der Waals surface area (Å²) in [6.45, 7) is 2.14. The molecule has 0 bridgehead atoms. The van der Waals surface area contributed by atoms with E-state index in [9.17, 15) is 0 Å². The number of benzene rings is 2. The lowest BCUT2D eigenvalue weighted by Crippen LogP contribution is -2.28. The molecule has 20 heavy (non-hydrogen) atoms. The van der Waals surface area contributed by atoms with E-state index in [4.69, 9.17) is 16.9 Å². The number of hydrogen-bond acceptors (Lipinski definition) is 2. The van der Waals surface area contributed by atoms with Crippen LogP contribution in [-0.2, 0) is 13.1 Å². The van der Waals surface area contributed by atoms with Gasteiger partial charge in [0.25, 0.3) is 0 Å². The van der Waals surface area contributed by atoms with Crippen LogP contribution in [-0.4, -0.2) is 16.8 Å². The van der Waals surface area contributed by atoms with Gasteiger partial charge in [0.1, 0.15) is 5.38 Å². The molecule has 2 rings (SSSR count). The van der Waals surface area contributed by atoms with Crippen LogP contribution in [0.1, 0.15) is 11.1 Å². The average Bonchev–Trinajstić information content (AvgIpc) is 2.49. The number of nitriles is 1. The summed E-state index contributed by atoms with van der Waals surface area (Å²) in [5, 5.41) is 8.42. The largest absolute Gasteiger partial charge is 0.292 e. The Morgan fingerprint density at radius 3 is 1.75 bits per heavy atom. The summed E-state index contributed by atoms with van der Waals surface area (Å²) in [7, 11) is 0. The second kappa shape index (κ2) is 7.69. The van der Waals surface area contributed by atoms with E-state index < -0.39 is 5.38 Å². The van der Waals surface area contributed by atoms with E-state index >= 15 is 0 Å². The number of hydrogen-bond donors (Lipinski definition) is 0. The third kappa shape index (κ3) is 4.70. The molecule has 1 unspecified atom stereocenters. The van der Waals surface area contributed by atoms with E-state index in [1.165, 1.54) is 11.1 Å². The molecule has 0 aliphatic heterocycles. The highest BCUT2D eigenvalue weighted by Crippen LogP contribution is 2.12. The minimum Gasteiger partial charge on any atom is -0.292 e. The molecule has 0 amide bonds. The first-order valence-electron chi connectivity index (χ1n) is 6.62. The minimum absolute atomic E-state index is 0.484. The molecule has 2 nitrogen and oxygen atoms in total. The van der Waals surface area contributed by atoms with Crippen molar-refractivity contribution in [2.24, 2.45) is 0 Å². The summed E-state index contributed by atoms with van der Waals surface area (Å²) >= 11 is 5.99. The maximum Gasteiger partial charge on any atom is 0.133 e. The Labute approximate surface area is 125 Å². The van der Waals surface area contributed by atoms with Gasteiger partial charge in [-0.25, -0.2) is 0 Å². The summed E-state index contributed by atoms with van der Waals surface area (Å²) in [5.74, 6) is 0. The van der Waals surface area contributed by atoms with Crippen LogP contribution in [0.5, 0.6) is 0 Å². The molecule has 3 heteroatoms. The number of rotatable bonds is 6. The average molecular weight is 285 g/mol. The molecular weight excluding hydrogens is 268 g/mol. The van der Waals surface area contributed by atoms with Gasteiger partial charge < -0.3 is 0 Å². The van der Waals surface area contributed by atoms with Crippen LogP contribution in [0.2, 0.25) is 0 Å². The second-order valence-electron chi connectivity index (χ2n) is 4.74. The van der Waals surface area contributed by atoms with Gasteiger partial charge in [0.15, 0.2) is 0 Å². The Bertz CT molecular complexity index is 507. The van der Waals surface area contributed by atoms with Crippen molar-refractivity contribution in [3.05, 3.63) is 71.8 Å². The van der Waals surface area contributed by atoms with Crippen molar-refractivity contribution in [3.63, 3.8) is 0 Å². The molecule has 0 saturated carbocycles. The monoisotopic (exact) mass is 284 g/mol. The fourth-order valence-electron chi connectivity index (χ4n) is 2.14. The standard InChI is InChI=1S/C17H17ClN2/c18-17(11-19)14-20(12-15-7-3-1-4-8-15)13-16-9-5-2-6-10-16/h1-10,17H,12-14H2. The van der Waals surface area contributed by atoms with Gasteiger partial charge in [-0.05, 0) is 11.1 Å². The molecule has 0 spiro atoms. The molecule has 1 atom stereocenters. The first kappa shape index (κ1) is 14.6. The fraction of sp³-hybridized carbons (Fsp3) is 0.235. The SMILES string of the molecule is N#CC(Cl)CN(Cc1ccccc1)Cc1ccccc1. The fourth-order valence-corrected chi connectivity index (χ4v) is 2.33. The highest BCUT2D eigenvalue weighted by Gasteiger charge is 2.12. The second-order valence-corrected chi connectivity index (χ2v) is 5.26. The molecule has 0 fully saturated rings. The predicted molar refractivity (Wildman–Crippen MR) is 82.3 cm³/mol. The Balaban J connectivity index is 2.06. The summed E-state index contributed by atoms with van der Waals surface area (Å²) < 4.78 is 0. The van der Waals surface area contributed by atoms with Gasteiger partial charge >= 0.3 is 0 Å². The van der Waals surface area contributed by atoms with Gasteiger partial charge in [-0.1, -0.05) is 60.7 Å². The van der Waals surface area contributed by atoms with E-state index in [1.54, 1.807) is 0 Å². The number of halogens is 1. The van der Waals surface area contributed by atoms with Gasteiger partial charge in [-0.2, -0.15) is 5.26 Å².